The molecular weight excluding hydrogens is 218 g/mol. The molecule has 14 heavy (non-hydrogen) atoms. The molecule has 0 aromatic heterocycles. The molecule has 4 heteroatoms. The summed E-state index contributed by atoms with van der Waals surface area (Å²) in [5.41, 5.74) is 0. The van der Waals surface area contributed by atoms with Crippen LogP contribution < -0.4 is 5.32 Å². The Balaban J connectivity index is 0.00000169. The lowest BCUT2D eigenvalue weighted by molar-refractivity contribution is 0.294. The number of aliphatic hydroxyl groups excluding tert-OH is 1. The lowest BCUT2D eigenvalue weighted by atomic mass is 10.4. The standard InChI is InChI=1S/C10H15NOS.ClH/c12-8-6-11-7-9-13-10-4-2-1-3-5-10;/h1-5,11-12H,6-9H2;1H. The first-order chi connectivity index (χ1) is 6.43. The molecule has 80 valence electrons. The molecule has 0 radical (unpaired) electrons. The van der Waals surface area contributed by atoms with Gasteiger partial charge in [-0.1, -0.05) is 18.2 Å². The Labute approximate surface area is 95.5 Å². The summed E-state index contributed by atoms with van der Waals surface area (Å²) >= 11 is 1.83. The third-order valence-electron chi connectivity index (χ3n) is 1.58. The summed E-state index contributed by atoms with van der Waals surface area (Å²) in [4.78, 5) is 1.30. The second-order valence-corrected chi connectivity index (χ2v) is 3.80. The Bertz CT molecular complexity index is 221. The maximum absolute atomic E-state index is 8.51. The van der Waals surface area contributed by atoms with Crippen molar-refractivity contribution < 1.29 is 5.11 Å². The van der Waals surface area contributed by atoms with Crippen molar-refractivity contribution in [3.8, 4) is 0 Å². The summed E-state index contributed by atoms with van der Waals surface area (Å²) in [6.45, 7) is 1.85. The molecular formula is C10H16ClNOS. The summed E-state index contributed by atoms with van der Waals surface area (Å²) in [6.07, 6.45) is 0. The fourth-order valence-corrected chi connectivity index (χ4v) is 1.79. The lowest BCUT2D eigenvalue weighted by Crippen LogP contribution is -2.20. The van der Waals surface area contributed by atoms with Crippen molar-refractivity contribution in [3.63, 3.8) is 0 Å². The molecule has 1 aromatic carbocycles. The van der Waals surface area contributed by atoms with Gasteiger partial charge in [0.15, 0.2) is 0 Å². The van der Waals surface area contributed by atoms with E-state index in [-0.39, 0.29) is 19.0 Å². The van der Waals surface area contributed by atoms with Crippen LogP contribution in [-0.4, -0.2) is 30.6 Å². The fourth-order valence-electron chi connectivity index (χ4n) is 0.962. The third-order valence-corrected chi connectivity index (χ3v) is 2.59. The van der Waals surface area contributed by atoms with Crippen LogP contribution in [-0.2, 0) is 0 Å². The van der Waals surface area contributed by atoms with Gasteiger partial charge in [-0.3, -0.25) is 0 Å². The molecule has 2 N–H and O–H groups in total. The van der Waals surface area contributed by atoms with E-state index in [0.29, 0.717) is 6.54 Å². The molecule has 0 amide bonds. The Kier molecular flexibility index (Phi) is 9.19. The van der Waals surface area contributed by atoms with E-state index in [4.69, 9.17) is 5.11 Å². The van der Waals surface area contributed by atoms with Gasteiger partial charge in [-0.15, -0.1) is 24.2 Å². The molecule has 2 nitrogen and oxygen atoms in total. The van der Waals surface area contributed by atoms with Crippen molar-refractivity contribution >= 4 is 24.2 Å². The van der Waals surface area contributed by atoms with E-state index < -0.39 is 0 Å². The maximum Gasteiger partial charge on any atom is 0.0555 e. The van der Waals surface area contributed by atoms with E-state index in [2.05, 4.69) is 17.4 Å². The minimum absolute atomic E-state index is 0. The minimum atomic E-state index is 0. The van der Waals surface area contributed by atoms with Gasteiger partial charge >= 0.3 is 0 Å². The lowest BCUT2D eigenvalue weighted by Gasteiger charge is -2.02. The molecule has 0 aliphatic carbocycles. The van der Waals surface area contributed by atoms with E-state index in [1.165, 1.54) is 4.90 Å². The fraction of sp³-hybridized carbons (Fsp3) is 0.400. The molecule has 0 saturated heterocycles. The highest BCUT2D eigenvalue weighted by molar-refractivity contribution is 7.99. The van der Waals surface area contributed by atoms with Crippen LogP contribution in [0.25, 0.3) is 0 Å². The first-order valence-electron chi connectivity index (χ1n) is 4.43. The van der Waals surface area contributed by atoms with Gasteiger partial charge in [0.2, 0.25) is 0 Å². The zero-order valence-electron chi connectivity index (χ0n) is 7.98. The first-order valence-corrected chi connectivity index (χ1v) is 5.41. The van der Waals surface area contributed by atoms with E-state index in [1.54, 1.807) is 0 Å². The molecule has 0 heterocycles. The highest BCUT2D eigenvalue weighted by Crippen LogP contribution is 2.15. The summed E-state index contributed by atoms with van der Waals surface area (Å²) in [5, 5.41) is 11.6. The van der Waals surface area contributed by atoms with Gasteiger partial charge in [0.1, 0.15) is 0 Å². The molecule has 1 aromatic rings. The van der Waals surface area contributed by atoms with Gasteiger partial charge in [0.05, 0.1) is 6.61 Å². The minimum Gasteiger partial charge on any atom is -0.395 e. The third kappa shape index (κ3) is 6.27. The van der Waals surface area contributed by atoms with Crippen molar-refractivity contribution in [1.29, 1.82) is 0 Å². The average Bonchev–Trinajstić information content (AvgIpc) is 2.19. The van der Waals surface area contributed by atoms with E-state index in [0.717, 1.165) is 12.3 Å². The number of benzene rings is 1. The van der Waals surface area contributed by atoms with E-state index >= 15 is 0 Å². The van der Waals surface area contributed by atoms with Crippen LogP contribution in [0.4, 0.5) is 0 Å². The van der Waals surface area contributed by atoms with Crippen LogP contribution in [0.1, 0.15) is 0 Å². The quantitative estimate of drug-likeness (QED) is 0.581. The normalized spacial score (nSPS) is 9.50. The summed E-state index contributed by atoms with van der Waals surface area (Å²) in [6, 6.07) is 10.3. The molecule has 0 saturated carbocycles. The van der Waals surface area contributed by atoms with Crippen LogP contribution >= 0.6 is 24.2 Å². The van der Waals surface area contributed by atoms with Crippen LogP contribution in [0.2, 0.25) is 0 Å². The number of aliphatic hydroxyl groups is 1. The van der Waals surface area contributed by atoms with Crippen molar-refractivity contribution in [1.82, 2.24) is 5.32 Å². The van der Waals surface area contributed by atoms with Crippen LogP contribution in [0.5, 0.6) is 0 Å². The highest BCUT2D eigenvalue weighted by Gasteiger charge is 1.91. The molecule has 0 bridgehead atoms. The maximum atomic E-state index is 8.51. The Hall–Kier alpha value is -0.220. The topological polar surface area (TPSA) is 32.3 Å². The van der Waals surface area contributed by atoms with Crippen molar-refractivity contribution in [3.05, 3.63) is 30.3 Å². The van der Waals surface area contributed by atoms with Crippen LogP contribution in [0.15, 0.2) is 35.2 Å². The zero-order valence-corrected chi connectivity index (χ0v) is 9.61. The van der Waals surface area contributed by atoms with Crippen LogP contribution in [0, 0.1) is 0 Å². The smallest absolute Gasteiger partial charge is 0.0555 e. The highest BCUT2D eigenvalue weighted by atomic mass is 35.5. The molecule has 0 unspecified atom stereocenters. The van der Waals surface area contributed by atoms with Gasteiger partial charge in [0, 0.05) is 23.7 Å². The van der Waals surface area contributed by atoms with Crippen molar-refractivity contribution in [2.24, 2.45) is 0 Å². The SMILES string of the molecule is Cl.OCCNCCSc1ccccc1. The monoisotopic (exact) mass is 233 g/mol. The average molecular weight is 234 g/mol. The second-order valence-electron chi connectivity index (χ2n) is 2.64. The largest absolute Gasteiger partial charge is 0.395 e. The predicted molar refractivity (Wildman–Crippen MR) is 64.4 cm³/mol. The number of halogens is 1. The van der Waals surface area contributed by atoms with E-state index in [1.807, 2.05) is 30.0 Å². The van der Waals surface area contributed by atoms with Gasteiger partial charge in [-0.25, -0.2) is 0 Å². The summed E-state index contributed by atoms with van der Waals surface area (Å²) in [7, 11) is 0. The summed E-state index contributed by atoms with van der Waals surface area (Å²) in [5.74, 6) is 1.05. The molecule has 0 atom stereocenters. The van der Waals surface area contributed by atoms with Gasteiger partial charge in [-0.2, -0.15) is 0 Å². The molecule has 0 spiro atoms. The van der Waals surface area contributed by atoms with E-state index in [9.17, 15) is 0 Å². The number of rotatable bonds is 6. The zero-order chi connectivity index (χ0) is 9.36. The van der Waals surface area contributed by atoms with Gasteiger partial charge in [-0.05, 0) is 12.1 Å². The Morgan fingerprint density at radius 3 is 2.50 bits per heavy atom. The number of thioether (sulfide) groups is 1. The number of hydrogen-bond acceptors (Lipinski definition) is 3. The Morgan fingerprint density at radius 2 is 1.86 bits per heavy atom. The Morgan fingerprint density at radius 1 is 1.14 bits per heavy atom. The number of nitrogens with one attached hydrogen (secondary N) is 1. The molecule has 0 fully saturated rings. The van der Waals surface area contributed by atoms with Crippen molar-refractivity contribution in [2.75, 3.05) is 25.4 Å². The van der Waals surface area contributed by atoms with Gasteiger partial charge < -0.3 is 10.4 Å². The first kappa shape index (κ1) is 13.8. The summed E-state index contributed by atoms with van der Waals surface area (Å²) < 4.78 is 0. The molecule has 0 aliphatic heterocycles. The van der Waals surface area contributed by atoms with Gasteiger partial charge in [0.25, 0.3) is 0 Å². The van der Waals surface area contributed by atoms with Crippen LogP contribution in [0.3, 0.4) is 0 Å². The molecule has 0 aliphatic rings. The number of hydrogen-bond donors (Lipinski definition) is 2. The predicted octanol–water partition coefficient (Wildman–Crippen LogP) is 1.78. The molecule has 1 rings (SSSR count). The van der Waals surface area contributed by atoms with Crippen molar-refractivity contribution in [2.45, 2.75) is 4.90 Å². The second kappa shape index (κ2) is 9.34.